The molecule has 2 heterocycles. The molecule has 4 aromatic rings. The summed E-state index contributed by atoms with van der Waals surface area (Å²) in [4.78, 5) is 22.8. The third-order valence-corrected chi connectivity index (χ3v) is 3.89. The van der Waals surface area contributed by atoms with Gasteiger partial charge in [0.05, 0.1) is 5.69 Å². The first-order valence-electron chi connectivity index (χ1n) is 7.81. The van der Waals surface area contributed by atoms with Gasteiger partial charge in [-0.3, -0.25) is 9.55 Å². The largest absolute Gasteiger partial charge is 0.489 e. The average molecular weight is 351 g/mol. The predicted molar refractivity (Wildman–Crippen MR) is 94.6 cm³/mol. The summed E-state index contributed by atoms with van der Waals surface area (Å²) in [5.41, 5.74) is 7.63. The van der Waals surface area contributed by atoms with E-state index in [1.54, 1.807) is 36.4 Å². The average Bonchev–Trinajstić information content (AvgIpc) is 2.98. The summed E-state index contributed by atoms with van der Waals surface area (Å²) >= 11 is 0. The number of ether oxygens (including phenoxy) is 1. The highest BCUT2D eigenvalue weighted by Crippen LogP contribution is 2.21. The summed E-state index contributed by atoms with van der Waals surface area (Å²) in [5, 5.41) is 0. The summed E-state index contributed by atoms with van der Waals surface area (Å²) in [6, 6.07) is 13.1. The van der Waals surface area contributed by atoms with E-state index in [1.807, 2.05) is 0 Å². The molecular weight excluding hydrogens is 337 g/mol. The van der Waals surface area contributed by atoms with Gasteiger partial charge < -0.3 is 10.5 Å². The molecule has 2 aromatic heterocycles. The van der Waals surface area contributed by atoms with E-state index < -0.39 is 0 Å². The van der Waals surface area contributed by atoms with Gasteiger partial charge in [-0.05, 0) is 42.0 Å². The number of imidazole rings is 1. The Morgan fingerprint density at radius 3 is 2.73 bits per heavy atom. The Bertz CT molecular complexity index is 1130. The van der Waals surface area contributed by atoms with Crippen molar-refractivity contribution in [2.75, 3.05) is 5.73 Å². The molecule has 0 radical (unpaired) electrons. The molecule has 26 heavy (non-hydrogen) atoms. The first kappa shape index (κ1) is 15.8. The van der Waals surface area contributed by atoms with Gasteiger partial charge in [0.1, 0.15) is 30.0 Å². The maximum Gasteiger partial charge on any atom is 0.332 e. The second-order valence-electron chi connectivity index (χ2n) is 5.63. The van der Waals surface area contributed by atoms with Crippen molar-refractivity contribution in [1.82, 2.24) is 19.5 Å². The number of aromatic nitrogens is 4. The van der Waals surface area contributed by atoms with Crippen LogP contribution < -0.4 is 16.2 Å². The maximum absolute atomic E-state index is 13.2. The molecule has 4 rings (SSSR count). The van der Waals surface area contributed by atoms with Gasteiger partial charge in [0.15, 0.2) is 11.5 Å². The summed E-state index contributed by atoms with van der Waals surface area (Å²) in [6.07, 6.45) is 1.29. The maximum atomic E-state index is 13.2. The van der Waals surface area contributed by atoms with Crippen LogP contribution in [0, 0.1) is 5.82 Å². The zero-order chi connectivity index (χ0) is 18.1. The van der Waals surface area contributed by atoms with E-state index in [0.717, 1.165) is 5.56 Å². The minimum Gasteiger partial charge on any atom is -0.489 e. The monoisotopic (exact) mass is 351 g/mol. The number of benzene rings is 2. The number of fused-ring (bicyclic) bond motifs is 1. The molecule has 3 N–H and O–H groups in total. The van der Waals surface area contributed by atoms with Crippen molar-refractivity contribution in [3.8, 4) is 11.4 Å². The molecule has 0 bridgehead atoms. The lowest BCUT2D eigenvalue weighted by Crippen LogP contribution is -2.15. The van der Waals surface area contributed by atoms with Gasteiger partial charge in [-0.2, -0.15) is 0 Å². The SMILES string of the molecule is Nc1ncnc2[nH]c(=O)n(-c3ccc(OCc4cccc(F)c4)cc3)c12. The van der Waals surface area contributed by atoms with Crippen LogP contribution in [-0.2, 0) is 6.61 Å². The molecule has 8 heteroatoms. The summed E-state index contributed by atoms with van der Waals surface area (Å²) in [5.74, 6) is 0.495. The zero-order valence-electron chi connectivity index (χ0n) is 13.5. The summed E-state index contributed by atoms with van der Waals surface area (Å²) in [7, 11) is 0. The molecule has 0 unspecified atom stereocenters. The van der Waals surface area contributed by atoms with Gasteiger partial charge >= 0.3 is 5.69 Å². The Balaban J connectivity index is 1.61. The quantitative estimate of drug-likeness (QED) is 0.588. The van der Waals surface area contributed by atoms with Gasteiger partial charge in [0.25, 0.3) is 0 Å². The van der Waals surface area contributed by atoms with E-state index in [4.69, 9.17) is 10.5 Å². The highest BCUT2D eigenvalue weighted by Gasteiger charge is 2.13. The number of halogens is 1. The Kier molecular flexibility index (Phi) is 3.85. The number of rotatable bonds is 4. The minimum absolute atomic E-state index is 0.208. The topological polar surface area (TPSA) is 98.8 Å². The van der Waals surface area contributed by atoms with E-state index in [-0.39, 0.29) is 23.9 Å². The molecule has 0 aliphatic carbocycles. The lowest BCUT2D eigenvalue weighted by Gasteiger charge is -2.08. The number of hydrogen-bond donors (Lipinski definition) is 2. The molecule has 0 spiro atoms. The van der Waals surface area contributed by atoms with Crippen molar-refractivity contribution < 1.29 is 9.13 Å². The van der Waals surface area contributed by atoms with Crippen molar-refractivity contribution >= 4 is 17.0 Å². The van der Waals surface area contributed by atoms with E-state index in [0.29, 0.717) is 22.6 Å². The number of H-pyrrole nitrogens is 1. The first-order valence-corrected chi connectivity index (χ1v) is 7.81. The van der Waals surface area contributed by atoms with Gasteiger partial charge in [-0.25, -0.2) is 19.2 Å². The van der Waals surface area contributed by atoms with Crippen molar-refractivity contribution in [2.24, 2.45) is 0 Å². The van der Waals surface area contributed by atoms with E-state index >= 15 is 0 Å². The summed E-state index contributed by atoms with van der Waals surface area (Å²) in [6.45, 7) is 0.241. The lowest BCUT2D eigenvalue weighted by molar-refractivity contribution is 0.305. The van der Waals surface area contributed by atoms with Crippen molar-refractivity contribution in [3.63, 3.8) is 0 Å². The lowest BCUT2D eigenvalue weighted by atomic mass is 10.2. The molecule has 130 valence electrons. The Morgan fingerprint density at radius 2 is 1.96 bits per heavy atom. The molecule has 0 atom stereocenters. The van der Waals surface area contributed by atoms with E-state index in [1.165, 1.54) is 23.0 Å². The fourth-order valence-corrected chi connectivity index (χ4v) is 2.69. The van der Waals surface area contributed by atoms with Crippen LogP contribution in [0.5, 0.6) is 5.75 Å². The molecular formula is C18H14FN5O2. The van der Waals surface area contributed by atoms with Gasteiger partial charge in [0.2, 0.25) is 0 Å². The number of anilines is 1. The smallest absolute Gasteiger partial charge is 0.332 e. The molecule has 0 amide bonds. The third-order valence-electron chi connectivity index (χ3n) is 3.89. The van der Waals surface area contributed by atoms with E-state index in [2.05, 4.69) is 15.0 Å². The van der Waals surface area contributed by atoms with Crippen molar-refractivity contribution in [2.45, 2.75) is 6.61 Å². The highest BCUT2D eigenvalue weighted by molar-refractivity contribution is 5.83. The van der Waals surface area contributed by atoms with Crippen molar-refractivity contribution in [3.05, 3.63) is 76.7 Å². The van der Waals surface area contributed by atoms with Crippen LogP contribution in [0.1, 0.15) is 5.56 Å². The van der Waals surface area contributed by atoms with Crippen LogP contribution in [-0.4, -0.2) is 19.5 Å². The number of nitrogens with zero attached hydrogens (tertiary/aromatic N) is 3. The van der Waals surface area contributed by atoms with Crippen molar-refractivity contribution in [1.29, 1.82) is 0 Å². The highest BCUT2D eigenvalue weighted by atomic mass is 19.1. The summed E-state index contributed by atoms with van der Waals surface area (Å²) < 4.78 is 20.2. The molecule has 0 saturated heterocycles. The normalized spacial score (nSPS) is 11.0. The van der Waals surface area contributed by atoms with E-state index in [9.17, 15) is 9.18 Å². The Hall–Kier alpha value is -3.68. The fourth-order valence-electron chi connectivity index (χ4n) is 2.69. The van der Waals surface area contributed by atoms with Crippen LogP contribution in [0.4, 0.5) is 10.2 Å². The molecule has 7 nitrogen and oxygen atoms in total. The number of nitrogen functional groups attached to an aromatic ring is 1. The number of hydrogen-bond acceptors (Lipinski definition) is 5. The van der Waals surface area contributed by atoms with Crippen LogP contribution in [0.2, 0.25) is 0 Å². The molecule has 0 saturated carbocycles. The third kappa shape index (κ3) is 2.88. The number of nitrogens with two attached hydrogens (primary N) is 1. The Morgan fingerprint density at radius 1 is 1.15 bits per heavy atom. The second-order valence-corrected chi connectivity index (χ2v) is 5.63. The Labute approximate surface area is 146 Å². The fraction of sp³-hybridized carbons (Fsp3) is 0.0556. The predicted octanol–water partition coefficient (Wildman–Crippen LogP) is 2.41. The van der Waals surface area contributed by atoms with Gasteiger partial charge in [-0.15, -0.1) is 0 Å². The van der Waals surface area contributed by atoms with Crippen LogP contribution in [0.25, 0.3) is 16.9 Å². The standard InChI is InChI=1S/C18H14FN5O2/c19-12-3-1-2-11(8-12)9-26-14-6-4-13(5-7-14)24-15-16(20)21-10-22-17(15)23-18(24)25/h1-8,10H,9H2,(H3,20,21,22,23,25). The first-order chi connectivity index (χ1) is 12.6. The van der Waals surface area contributed by atoms with Crippen LogP contribution in [0.15, 0.2) is 59.7 Å². The van der Waals surface area contributed by atoms with Crippen LogP contribution in [0.3, 0.4) is 0 Å². The zero-order valence-corrected chi connectivity index (χ0v) is 13.5. The van der Waals surface area contributed by atoms with Gasteiger partial charge in [-0.1, -0.05) is 12.1 Å². The molecule has 0 fully saturated rings. The second kappa shape index (κ2) is 6.32. The molecule has 0 aliphatic heterocycles. The van der Waals surface area contributed by atoms with Gasteiger partial charge in [0, 0.05) is 0 Å². The van der Waals surface area contributed by atoms with Crippen LogP contribution >= 0.6 is 0 Å². The molecule has 0 aliphatic rings. The number of nitrogens with one attached hydrogen (secondary N) is 1. The number of aromatic amines is 1. The molecule has 2 aromatic carbocycles. The minimum atomic E-state index is -0.361.